The third kappa shape index (κ3) is 5.27. The van der Waals surface area contributed by atoms with Crippen LogP contribution in [0.5, 0.6) is 11.5 Å². The van der Waals surface area contributed by atoms with Gasteiger partial charge < -0.3 is 24.2 Å². The van der Waals surface area contributed by atoms with E-state index in [4.69, 9.17) is 9.47 Å². The molecule has 0 bridgehead atoms. The number of hydrogen-bond acceptors (Lipinski definition) is 3. The number of methoxy groups -OCH3 is 2. The summed E-state index contributed by atoms with van der Waals surface area (Å²) in [4.78, 5) is 18.3. The lowest BCUT2D eigenvalue weighted by atomic mass is 9.91. The van der Waals surface area contributed by atoms with Gasteiger partial charge in [-0.2, -0.15) is 0 Å². The molecule has 2 aliphatic rings. The van der Waals surface area contributed by atoms with E-state index in [0.717, 1.165) is 57.3 Å². The van der Waals surface area contributed by atoms with Crippen molar-refractivity contribution in [3.63, 3.8) is 0 Å². The number of amides is 1. The SMILES string of the molecule is COc1cc(C)c(C[NH+]2CC[NH+]([C@@H](C)C(=O)N3C[C@H](C)C[C@H](C)C3)CC2)cc1OC. The average molecular weight is 420 g/mol. The Morgan fingerprint density at radius 3 is 2.20 bits per heavy atom. The molecule has 2 saturated heterocycles. The molecule has 2 fully saturated rings. The van der Waals surface area contributed by atoms with Crippen LogP contribution in [0.3, 0.4) is 0 Å². The molecule has 2 aliphatic heterocycles. The van der Waals surface area contributed by atoms with E-state index in [-0.39, 0.29) is 6.04 Å². The van der Waals surface area contributed by atoms with E-state index in [1.54, 1.807) is 19.1 Å². The number of piperidine rings is 1. The molecule has 0 radical (unpaired) electrons. The van der Waals surface area contributed by atoms with Crippen LogP contribution < -0.4 is 19.3 Å². The van der Waals surface area contributed by atoms with Crippen molar-refractivity contribution >= 4 is 5.91 Å². The van der Waals surface area contributed by atoms with Gasteiger partial charge in [0, 0.05) is 18.7 Å². The van der Waals surface area contributed by atoms with Crippen LogP contribution in [0.2, 0.25) is 0 Å². The summed E-state index contributed by atoms with van der Waals surface area (Å²) in [6.07, 6.45) is 1.24. The Morgan fingerprint density at radius 1 is 1.07 bits per heavy atom. The maximum absolute atomic E-state index is 13.1. The second-order valence-corrected chi connectivity index (χ2v) is 9.63. The second kappa shape index (κ2) is 10.0. The minimum atomic E-state index is 0.0619. The number of hydrogen-bond donors (Lipinski definition) is 2. The number of carbonyl (C=O) groups is 1. The fourth-order valence-electron chi connectivity index (χ4n) is 5.31. The zero-order chi connectivity index (χ0) is 21.8. The summed E-state index contributed by atoms with van der Waals surface area (Å²) in [7, 11) is 3.37. The monoisotopic (exact) mass is 419 g/mol. The minimum Gasteiger partial charge on any atom is -0.493 e. The molecule has 0 aromatic heterocycles. The summed E-state index contributed by atoms with van der Waals surface area (Å²) in [5.41, 5.74) is 2.55. The number of quaternary nitrogens is 2. The van der Waals surface area contributed by atoms with E-state index in [0.29, 0.717) is 17.7 Å². The van der Waals surface area contributed by atoms with Gasteiger partial charge in [-0.3, -0.25) is 4.79 Å². The van der Waals surface area contributed by atoms with Crippen LogP contribution in [-0.2, 0) is 11.3 Å². The third-order valence-electron chi connectivity index (χ3n) is 7.05. The lowest BCUT2D eigenvalue weighted by Crippen LogP contribution is -3.29. The summed E-state index contributed by atoms with van der Waals surface area (Å²) in [5.74, 6) is 3.17. The van der Waals surface area contributed by atoms with E-state index in [2.05, 4.69) is 44.7 Å². The molecule has 0 saturated carbocycles. The van der Waals surface area contributed by atoms with E-state index in [1.807, 2.05) is 0 Å². The third-order valence-corrected chi connectivity index (χ3v) is 7.05. The number of piperazine rings is 1. The predicted molar refractivity (Wildman–Crippen MR) is 118 cm³/mol. The Kier molecular flexibility index (Phi) is 7.64. The summed E-state index contributed by atoms with van der Waals surface area (Å²) >= 11 is 0. The number of carbonyl (C=O) groups excluding carboxylic acids is 1. The van der Waals surface area contributed by atoms with Crippen molar-refractivity contribution in [3.8, 4) is 11.5 Å². The molecule has 0 spiro atoms. The van der Waals surface area contributed by atoms with Crippen LogP contribution in [0, 0.1) is 18.8 Å². The summed E-state index contributed by atoms with van der Waals surface area (Å²) < 4.78 is 10.9. The van der Waals surface area contributed by atoms with Gasteiger partial charge in [-0.15, -0.1) is 0 Å². The van der Waals surface area contributed by atoms with E-state index in [1.165, 1.54) is 22.4 Å². The molecule has 1 aromatic carbocycles. The van der Waals surface area contributed by atoms with Crippen LogP contribution in [0.15, 0.2) is 12.1 Å². The van der Waals surface area contributed by atoms with Gasteiger partial charge in [-0.1, -0.05) is 13.8 Å². The van der Waals surface area contributed by atoms with Crippen molar-refractivity contribution in [2.24, 2.45) is 11.8 Å². The Morgan fingerprint density at radius 2 is 1.63 bits per heavy atom. The molecule has 2 heterocycles. The van der Waals surface area contributed by atoms with Gasteiger partial charge in [0.2, 0.25) is 0 Å². The highest BCUT2D eigenvalue weighted by atomic mass is 16.5. The highest BCUT2D eigenvalue weighted by Gasteiger charge is 2.36. The van der Waals surface area contributed by atoms with Crippen molar-refractivity contribution in [2.75, 3.05) is 53.5 Å². The van der Waals surface area contributed by atoms with Gasteiger partial charge in [0.05, 0.1) is 14.2 Å². The van der Waals surface area contributed by atoms with E-state index in [9.17, 15) is 4.79 Å². The molecule has 0 unspecified atom stereocenters. The number of benzene rings is 1. The normalized spacial score (nSPS) is 28.1. The fraction of sp³-hybridized carbons (Fsp3) is 0.708. The summed E-state index contributed by atoms with van der Waals surface area (Å²) in [5, 5.41) is 0. The number of rotatable bonds is 6. The molecular weight excluding hydrogens is 378 g/mol. The molecule has 6 heteroatoms. The molecule has 3 atom stereocenters. The van der Waals surface area contributed by atoms with Gasteiger partial charge in [0.15, 0.2) is 17.5 Å². The standard InChI is InChI=1S/C24H39N3O3/c1-17-11-18(2)15-27(14-17)24(28)20(4)26-9-7-25(8-10-26)16-21-13-23(30-6)22(29-5)12-19(21)3/h12-13,17-18,20H,7-11,14-16H2,1-6H3/p+2/t17-,18+,20-/m0/s1. The largest absolute Gasteiger partial charge is 0.493 e. The Balaban J connectivity index is 1.55. The van der Waals surface area contributed by atoms with Crippen LogP contribution >= 0.6 is 0 Å². The van der Waals surface area contributed by atoms with Gasteiger partial charge in [-0.25, -0.2) is 0 Å². The van der Waals surface area contributed by atoms with Crippen molar-refractivity contribution < 1.29 is 24.1 Å². The molecule has 3 rings (SSSR count). The second-order valence-electron chi connectivity index (χ2n) is 9.63. The lowest BCUT2D eigenvalue weighted by Gasteiger charge is -2.39. The summed E-state index contributed by atoms with van der Waals surface area (Å²) in [6.45, 7) is 15.9. The predicted octanol–water partition coefficient (Wildman–Crippen LogP) is 0.189. The maximum atomic E-state index is 13.1. The highest BCUT2D eigenvalue weighted by Crippen LogP contribution is 2.29. The van der Waals surface area contributed by atoms with Gasteiger partial charge in [0.25, 0.3) is 5.91 Å². The van der Waals surface area contributed by atoms with Crippen molar-refractivity contribution in [1.82, 2.24) is 4.90 Å². The van der Waals surface area contributed by atoms with Crippen LogP contribution in [0.4, 0.5) is 0 Å². The van der Waals surface area contributed by atoms with Crippen molar-refractivity contribution in [2.45, 2.75) is 46.7 Å². The molecule has 30 heavy (non-hydrogen) atoms. The summed E-state index contributed by atoms with van der Waals surface area (Å²) in [6, 6.07) is 4.24. The van der Waals surface area contributed by atoms with Gasteiger partial charge in [-0.05, 0) is 49.8 Å². The molecule has 6 nitrogen and oxygen atoms in total. The first-order valence-electron chi connectivity index (χ1n) is 11.5. The number of ether oxygens (including phenoxy) is 2. The molecule has 1 aromatic rings. The first-order valence-corrected chi connectivity index (χ1v) is 11.5. The maximum Gasteiger partial charge on any atom is 0.280 e. The molecule has 2 N–H and O–H groups in total. The zero-order valence-corrected chi connectivity index (χ0v) is 19.7. The first kappa shape index (κ1) is 22.9. The topological polar surface area (TPSA) is 47.7 Å². The number of nitrogens with one attached hydrogen (secondary N) is 2. The van der Waals surface area contributed by atoms with Gasteiger partial charge >= 0.3 is 0 Å². The molecule has 1 amide bonds. The van der Waals surface area contributed by atoms with Crippen LogP contribution in [0.25, 0.3) is 0 Å². The average Bonchev–Trinajstić information content (AvgIpc) is 2.73. The lowest BCUT2D eigenvalue weighted by molar-refractivity contribution is -1.02. The van der Waals surface area contributed by atoms with Crippen molar-refractivity contribution in [1.29, 1.82) is 0 Å². The first-order chi connectivity index (χ1) is 14.3. The van der Waals surface area contributed by atoms with E-state index < -0.39 is 0 Å². The quantitative estimate of drug-likeness (QED) is 0.692. The zero-order valence-electron chi connectivity index (χ0n) is 19.7. The van der Waals surface area contributed by atoms with Crippen LogP contribution in [0.1, 0.15) is 38.3 Å². The van der Waals surface area contributed by atoms with Crippen LogP contribution in [-0.4, -0.2) is 70.3 Å². The van der Waals surface area contributed by atoms with Crippen molar-refractivity contribution in [3.05, 3.63) is 23.3 Å². The van der Waals surface area contributed by atoms with E-state index >= 15 is 0 Å². The highest BCUT2D eigenvalue weighted by molar-refractivity contribution is 5.80. The Hall–Kier alpha value is -1.79. The van der Waals surface area contributed by atoms with Gasteiger partial charge in [0.1, 0.15) is 32.7 Å². The smallest absolute Gasteiger partial charge is 0.280 e. The number of nitrogens with zero attached hydrogens (tertiary/aromatic N) is 1. The minimum absolute atomic E-state index is 0.0619. The number of aryl methyl sites for hydroxylation is 1. The Labute approximate surface area is 182 Å². The fourth-order valence-corrected chi connectivity index (χ4v) is 5.31. The molecule has 168 valence electrons. The molecule has 0 aliphatic carbocycles. The number of likely N-dealkylation sites (tertiary alicyclic amines) is 1. The Bertz CT molecular complexity index is 721. The molecular formula is C24H41N3O3+2.